The van der Waals surface area contributed by atoms with Crippen LogP contribution in [-0.2, 0) is 14.8 Å². The van der Waals surface area contributed by atoms with Gasteiger partial charge in [-0.05, 0) is 25.0 Å². The smallest absolute Gasteiger partial charge is 0.409 e. The summed E-state index contributed by atoms with van der Waals surface area (Å²) < 4.78 is 31.4. The third-order valence-corrected chi connectivity index (χ3v) is 5.59. The zero-order chi connectivity index (χ0) is 19.7. The summed E-state index contributed by atoms with van der Waals surface area (Å²) in [6.07, 6.45) is 4.08. The van der Waals surface area contributed by atoms with E-state index in [-0.39, 0.29) is 47.6 Å². The second-order valence-electron chi connectivity index (χ2n) is 5.96. The summed E-state index contributed by atoms with van der Waals surface area (Å²) in [5, 5.41) is 6.36. The van der Waals surface area contributed by atoms with Gasteiger partial charge in [0.25, 0.3) is 0 Å². The molecule has 2 rings (SSSR count). The number of aromatic nitrogens is 1. The predicted molar refractivity (Wildman–Crippen MR) is 116 cm³/mol. The molecule has 0 saturated carbocycles. The Kier molecular flexibility index (Phi) is 10.5. The van der Waals surface area contributed by atoms with Gasteiger partial charge in [0.1, 0.15) is 4.90 Å². The molecular weight excluding hydrogens is 499 g/mol. The summed E-state index contributed by atoms with van der Waals surface area (Å²) in [5.74, 6) is 0.590. The number of hydrogen-bond acceptors (Lipinski definition) is 6. The Morgan fingerprint density at radius 2 is 2.07 bits per heavy atom. The highest BCUT2D eigenvalue weighted by molar-refractivity contribution is 14.0. The molecule has 28 heavy (non-hydrogen) atoms. The number of ether oxygens (including phenoxy) is 1. The fourth-order valence-electron chi connectivity index (χ4n) is 2.68. The number of sulfonamides is 1. The number of amides is 1. The number of methoxy groups -OCH3 is 1. The predicted octanol–water partition coefficient (Wildman–Crippen LogP) is 0.374. The van der Waals surface area contributed by atoms with Gasteiger partial charge in [0, 0.05) is 51.7 Å². The minimum absolute atomic E-state index is 0. The van der Waals surface area contributed by atoms with E-state index in [9.17, 15) is 13.2 Å². The molecule has 2 heterocycles. The maximum Gasteiger partial charge on any atom is 0.409 e. The maximum absolute atomic E-state index is 12.1. The highest BCUT2D eigenvalue weighted by atomic mass is 127. The first-order valence-corrected chi connectivity index (χ1v) is 10.1. The van der Waals surface area contributed by atoms with Gasteiger partial charge in [0.05, 0.1) is 7.11 Å². The summed E-state index contributed by atoms with van der Waals surface area (Å²) in [6.45, 7) is 1.82. The van der Waals surface area contributed by atoms with E-state index in [1.54, 1.807) is 18.0 Å². The van der Waals surface area contributed by atoms with Crippen molar-refractivity contribution >= 4 is 46.1 Å². The minimum atomic E-state index is -3.57. The summed E-state index contributed by atoms with van der Waals surface area (Å²) >= 11 is 0. The van der Waals surface area contributed by atoms with Gasteiger partial charge in [-0.15, -0.1) is 24.0 Å². The lowest BCUT2D eigenvalue weighted by atomic mass is 10.1. The molecule has 3 N–H and O–H groups in total. The molecule has 0 unspecified atom stereocenters. The Bertz CT molecular complexity index is 739. The summed E-state index contributed by atoms with van der Waals surface area (Å²) in [5.41, 5.74) is 0. The van der Waals surface area contributed by atoms with Crippen LogP contribution in [-0.4, -0.2) is 76.7 Å². The lowest BCUT2D eigenvalue weighted by Crippen LogP contribution is -2.50. The van der Waals surface area contributed by atoms with Gasteiger partial charge in [0.2, 0.25) is 10.0 Å². The van der Waals surface area contributed by atoms with Gasteiger partial charge in [-0.25, -0.2) is 17.9 Å². The van der Waals surface area contributed by atoms with E-state index in [0.717, 1.165) is 12.8 Å². The van der Waals surface area contributed by atoms with Crippen molar-refractivity contribution in [2.75, 3.05) is 40.3 Å². The zero-order valence-corrected chi connectivity index (χ0v) is 19.1. The van der Waals surface area contributed by atoms with Gasteiger partial charge >= 0.3 is 6.09 Å². The van der Waals surface area contributed by atoms with Crippen LogP contribution in [0.1, 0.15) is 12.8 Å². The molecule has 1 aromatic rings. The molecule has 1 saturated heterocycles. The van der Waals surface area contributed by atoms with E-state index in [2.05, 4.69) is 25.3 Å². The highest BCUT2D eigenvalue weighted by Gasteiger charge is 2.23. The summed E-state index contributed by atoms with van der Waals surface area (Å²) in [4.78, 5) is 21.3. The van der Waals surface area contributed by atoms with E-state index in [1.807, 2.05) is 0 Å². The number of halogens is 1. The number of aliphatic imine (C=N–C) groups is 1. The van der Waals surface area contributed by atoms with E-state index >= 15 is 0 Å². The number of rotatable bonds is 6. The standard InChI is InChI=1S/C16H26N6O4S.HI/c1-17-15(21-13-5-10-22(11-6-13)16(23)26-2)19-8-9-20-27(24,25)14-4-3-7-18-12-14;/h3-4,7,12-13,20H,5-6,8-11H2,1-2H3,(H2,17,19,21);1H. The first-order chi connectivity index (χ1) is 13.0. The van der Waals surface area contributed by atoms with Crippen molar-refractivity contribution in [2.24, 2.45) is 4.99 Å². The van der Waals surface area contributed by atoms with Crippen LogP contribution in [0.5, 0.6) is 0 Å². The minimum Gasteiger partial charge on any atom is -0.453 e. The molecule has 0 radical (unpaired) electrons. The molecule has 1 aliphatic heterocycles. The Hall–Kier alpha value is -1.67. The van der Waals surface area contributed by atoms with E-state index in [0.29, 0.717) is 25.6 Å². The average Bonchev–Trinajstić information content (AvgIpc) is 2.70. The number of pyridine rings is 1. The van der Waals surface area contributed by atoms with Gasteiger partial charge < -0.3 is 20.3 Å². The third-order valence-electron chi connectivity index (χ3n) is 4.15. The van der Waals surface area contributed by atoms with Crippen LogP contribution >= 0.6 is 24.0 Å². The lowest BCUT2D eigenvalue weighted by Gasteiger charge is -2.32. The number of carbonyl (C=O) groups is 1. The second kappa shape index (κ2) is 12.0. The molecule has 0 aliphatic carbocycles. The number of carbonyl (C=O) groups excluding carboxylic acids is 1. The van der Waals surface area contributed by atoms with Crippen LogP contribution in [0.15, 0.2) is 34.4 Å². The van der Waals surface area contributed by atoms with E-state index < -0.39 is 10.0 Å². The number of piperidine rings is 1. The first-order valence-electron chi connectivity index (χ1n) is 8.66. The molecular formula is C16H27IN6O4S. The molecule has 10 nitrogen and oxygen atoms in total. The molecule has 12 heteroatoms. The SMILES string of the molecule is CN=C(NCCNS(=O)(=O)c1cccnc1)NC1CCN(C(=O)OC)CC1.I. The number of guanidine groups is 1. The maximum atomic E-state index is 12.1. The van der Waals surface area contributed by atoms with Crippen LogP contribution in [0.3, 0.4) is 0 Å². The topological polar surface area (TPSA) is 125 Å². The Morgan fingerprint density at radius 1 is 1.36 bits per heavy atom. The molecule has 1 aliphatic rings. The summed E-state index contributed by atoms with van der Waals surface area (Å²) in [7, 11) is -0.544. The highest BCUT2D eigenvalue weighted by Crippen LogP contribution is 2.11. The second-order valence-corrected chi connectivity index (χ2v) is 7.73. The van der Waals surface area contributed by atoms with Crippen molar-refractivity contribution in [3.63, 3.8) is 0 Å². The monoisotopic (exact) mass is 526 g/mol. The van der Waals surface area contributed by atoms with Gasteiger partial charge in [0.15, 0.2) is 5.96 Å². The van der Waals surface area contributed by atoms with Gasteiger partial charge in [-0.1, -0.05) is 0 Å². The normalized spacial score (nSPS) is 15.5. The molecule has 158 valence electrons. The molecule has 0 atom stereocenters. The van der Waals surface area contributed by atoms with Crippen LogP contribution in [0.4, 0.5) is 4.79 Å². The Labute approximate surface area is 182 Å². The number of nitrogens with one attached hydrogen (secondary N) is 3. The number of hydrogen-bond donors (Lipinski definition) is 3. The zero-order valence-electron chi connectivity index (χ0n) is 15.9. The quantitative estimate of drug-likeness (QED) is 0.212. The van der Waals surface area contributed by atoms with Crippen molar-refractivity contribution in [3.05, 3.63) is 24.5 Å². The van der Waals surface area contributed by atoms with Gasteiger partial charge in [-0.3, -0.25) is 9.98 Å². The van der Waals surface area contributed by atoms with Crippen LogP contribution < -0.4 is 15.4 Å². The van der Waals surface area contributed by atoms with Crippen molar-refractivity contribution in [1.82, 2.24) is 25.2 Å². The molecule has 1 amide bonds. The molecule has 0 bridgehead atoms. The van der Waals surface area contributed by atoms with Gasteiger partial charge in [-0.2, -0.15) is 0 Å². The fraction of sp³-hybridized carbons (Fsp3) is 0.562. The summed E-state index contributed by atoms with van der Waals surface area (Å²) in [6, 6.07) is 3.25. The van der Waals surface area contributed by atoms with Crippen molar-refractivity contribution in [3.8, 4) is 0 Å². The largest absolute Gasteiger partial charge is 0.453 e. The first kappa shape index (κ1) is 24.4. The van der Waals surface area contributed by atoms with Crippen LogP contribution in [0, 0.1) is 0 Å². The number of nitrogens with zero attached hydrogens (tertiary/aromatic N) is 3. The van der Waals surface area contributed by atoms with Crippen LogP contribution in [0.25, 0.3) is 0 Å². The Morgan fingerprint density at radius 3 is 2.64 bits per heavy atom. The van der Waals surface area contributed by atoms with E-state index in [1.165, 1.54) is 25.6 Å². The lowest BCUT2D eigenvalue weighted by molar-refractivity contribution is 0.111. The van der Waals surface area contributed by atoms with E-state index in [4.69, 9.17) is 4.74 Å². The van der Waals surface area contributed by atoms with Crippen molar-refractivity contribution in [2.45, 2.75) is 23.8 Å². The third kappa shape index (κ3) is 7.39. The fourth-order valence-corrected chi connectivity index (χ4v) is 3.67. The molecule has 1 fully saturated rings. The van der Waals surface area contributed by atoms with Crippen molar-refractivity contribution in [1.29, 1.82) is 0 Å². The number of likely N-dealkylation sites (tertiary alicyclic amines) is 1. The molecule has 0 aromatic carbocycles. The molecule has 1 aromatic heterocycles. The van der Waals surface area contributed by atoms with Crippen molar-refractivity contribution < 1.29 is 17.9 Å². The average molecular weight is 526 g/mol. The Balaban J connectivity index is 0.00000392. The molecule has 0 spiro atoms. The van der Waals surface area contributed by atoms with Crippen LogP contribution in [0.2, 0.25) is 0 Å².